The second-order valence-corrected chi connectivity index (χ2v) is 3.70. The summed E-state index contributed by atoms with van der Waals surface area (Å²) < 4.78 is 5.47. The minimum Gasteiger partial charge on any atom is -0.492 e. The van der Waals surface area contributed by atoms with Gasteiger partial charge in [-0.1, -0.05) is 24.3 Å². The lowest BCUT2D eigenvalue weighted by Crippen LogP contribution is -2.13. The molecule has 0 aromatic heterocycles. The summed E-state index contributed by atoms with van der Waals surface area (Å²) in [4.78, 5) is 11.8. The third-order valence-corrected chi connectivity index (χ3v) is 2.68. The van der Waals surface area contributed by atoms with Gasteiger partial charge in [0.2, 0.25) is 0 Å². The van der Waals surface area contributed by atoms with E-state index in [1.165, 1.54) is 0 Å². The molecule has 0 amide bonds. The summed E-state index contributed by atoms with van der Waals surface area (Å²) in [5.74, 6) is 1.04. The molecule has 2 rings (SSSR count). The van der Waals surface area contributed by atoms with Crippen LogP contribution in [0.2, 0.25) is 0 Å². The largest absolute Gasteiger partial charge is 0.492 e. The van der Waals surface area contributed by atoms with E-state index >= 15 is 0 Å². The highest BCUT2D eigenvalue weighted by Gasteiger charge is 2.28. The molecule has 1 aliphatic heterocycles. The van der Waals surface area contributed by atoms with Gasteiger partial charge in [0.15, 0.2) is 0 Å². The lowest BCUT2D eigenvalue weighted by Gasteiger charge is -2.05. The molecule has 2 nitrogen and oxygen atoms in total. The minimum atomic E-state index is -0.0684. The van der Waals surface area contributed by atoms with Gasteiger partial charge in [0.05, 0.1) is 5.92 Å². The average molecular weight is 202 g/mol. The highest BCUT2D eigenvalue weighted by molar-refractivity contribution is 5.87. The summed E-state index contributed by atoms with van der Waals surface area (Å²) in [6, 6.07) is 7.76. The Morgan fingerprint density at radius 2 is 2.33 bits per heavy atom. The third-order valence-electron chi connectivity index (χ3n) is 2.68. The van der Waals surface area contributed by atoms with Gasteiger partial charge in [-0.15, -0.1) is 6.58 Å². The van der Waals surface area contributed by atoms with Crippen LogP contribution in [0.5, 0.6) is 5.75 Å². The number of Topliss-reactive ketones (excluding diaryl/α,β-unsaturated/α-hetero) is 1. The first kappa shape index (κ1) is 9.97. The maximum Gasteiger partial charge on any atom is 0.144 e. The first-order valence-electron chi connectivity index (χ1n) is 5.18. The molecule has 15 heavy (non-hydrogen) atoms. The molecule has 1 heterocycles. The molecule has 0 spiro atoms. The fourth-order valence-electron chi connectivity index (χ4n) is 1.85. The monoisotopic (exact) mass is 202 g/mol. The Morgan fingerprint density at radius 1 is 1.53 bits per heavy atom. The van der Waals surface area contributed by atoms with Crippen LogP contribution in [0.3, 0.4) is 0 Å². The molecule has 0 fully saturated rings. The van der Waals surface area contributed by atoms with Gasteiger partial charge >= 0.3 is 0 Å². The lowest BCUT2D eigenvalue weighted by atomic mass is 9.94. The van der Waals surface area contributed by atoms with Gasteiger partial charge in [0.1, 0.15) is 18.1 Å². The van der Waals surface area contributed by atoms with Crippen LogP contribution in [0.1, 0.15) is 24.3 Å². The summed E-state index contributed by atoms with van der Waals surface area (Å²) >= 11 is 0. The zero-order chi connectivity index (χ0) is 10.7. The van der Waals surface area contributed by atoms with Crippen LogP contribution in [0, 0.1) is 0 Å². The molecule has 1 unspecified atom stereocenters. The van der Waals surface area contributed by atoms with Gasteiger partial charge in [0.25, 0.3) is 0 Å². The number of para-hydroxylation sites is 1. The minimum absolute atomic E-state index is 0.0684. The highest BCUT2D eigenvalue weighted by Crippen LogP contribution is 2.34. The molecule has 1 aliphatic rings. The van der Waals surface area contributed by atoms with E-state index < -0.39 is 0 Å². The number of benzene rings is 1. The van der Waals surface area contributed by atoms with Gasteiger partial charge in [-0.2, -0.15) is 0 Å². The van der Waals surface area contributed by atoms with E-state index in [1.54, 1.807) is 6.08 Å². The van der Waals surface area contributed by atoms with E-state index in [1.807, 2.05) is 24.3 Å². The first-order valence-corrected chi connectivity index (χ1v) is 5.18. The number of allylic oxidation sites excluding steroid dienone is 1. The van der Waals surface area contributed by atoms with E-state index in [9.17, 15) is 4.79 Å². The van der Waals surface area contributed by atoms with Crippen LogP contribution in [-0.2, 0) is 4.79 Å². The molecule has 0 saturated carbocycles. The van der Waals surface area contributed by atoms with E-state index in [4.69, 9.17) is 4.74 Å². The Hall–Kier alpha value is -1.57. The molecule has 1 atom stereocenters. The van der Waals surface area contributed by atoms with Crippen molar-refractivity contribution < 1.29 is 9.53 Å². The van der Waals surface area contributed by atoms with Gasteiger partial charge in [-0.25, -0.2) is 0 Å². The second-order valence-electron chi connectivity index (χ2n) is 3.70. The Kier molecular flexibility index (Phi) is 2.86. The molecule has 0 aliphatic carbocycles. The Bertz CT molecular complexity index is 382. The van der Waals surface area contributed by atoms with Crippen molar-refractivity contribution >= 4 is 5.78 Å². The topological polar surface area (TPSA) is 26.3 Å². The number of ketones is 1. The van der Waals surface area contributed by atoms with Crippen LogP contribution in [0.4, 0.5) is 0 Å². The number of rotatable bonds is 4. The summed E-state index contributed by atoms with van der Waals surface area (Å²) in [6.45, 7) is 4.12. The molecule has 0 bridgehead atoms. The third kappa shape index (κ3) is 1.94. The van der Waals surface area contributed by atoms with E-state index in [0.717, 1.165) is 17.7 Å². The number of carbonyl (C=O) groups excluding carboxylic acids is 1. The summed E-state index contributed by atoms with van der Waals surface area (Å²) in [6.07, 6.45) is 3.09. The van der Waals surface area contributed by atoms with Crippen molar-refractivity contribution in [2.45, 2.75) is 18.8 Å². The van der Waals surface area contributed by atoms with Gasteiger partial charge < -0.3 is 4.74 Å². The van der Waals surface area contributed by atoms with Crippen LogP contribution >= 0.6 is 0 Å². The first-order chi connectivity index (χ1) is 7.33. The van der Waals surface area contributed by atoms with Gasteiger partial charge in [0, 0.05) is 12.0 Å². The molecule has 0 radical (unpaired) electrons. The van der Waals surface area contributed by atoms with E-state index in [-0.39, 0.29) is 11.7 Å². The molecule has 78 valence electrons. The zero-order valence-corrected chi connectivity index (χ0v) is 8.61. The molecular weight excluding hydrogens is 188 g/mol. The van der Waals surface area contributed by atoms with Gasteiger partial charge in [-0.3, -0.25) is 4.79 Å². The lowest BCUT2D eigenvalue weighted by molar-refractivity contribution is -0.120. The van der Waals surface area contributed by atoms with E-state index in [2.05, 4.69) is 6.58 Å². The molecule has 0 N–H and O–H groups in total. The number of fused-ring (bicyclic) bond motifs is 1. The van der Waals surface area contributed by atoms with Crippen molar-refractivity contribution in [3.63, 3.8) is 0 Å². The molecule has 0 saturated heterocycles. The molecular formula is C13H14O2. The van der Waals surface area contributed by atoms with Crippen LogP contribution in [0.25, 0.3) is 0 Å². The smallest absolute Gasteiger partial charge is 0.144 e. The van der Waals surface area contributed by atoms with Crippen molar-refractivity contribution in [2.24, 2.45) is 0 Å². The van der Waals surface area contributed by atoms with Crippen molar-refractivity contribution in [1.82, 2.24) is 0 Å². The maximum absolute atomic E-state index is 11.8. The normalized spacial score (nSPS) is 18.0. The predicted octanol–water partition coefficient (Wildman–Crippen LogP) is 2.70. The Labute approximate surface area is 89.6 Å². The summed E-state index contributed by atoms with van der Waals surface area (Å²) in [7, 11) is 0. The van der Waals surface area contributed by atoms with E-state index in [0.29, 0.717) is 13.0 Å². The number of ether oxygens (including phenoxy) is 1. The molecule has 2 heteroatoms. The average Bonchev–Trinajstić information content (AvgIpc) is 2.69. The number of carbonyl (C=O) groups is 1. The maximum atomic E-state index is 11.8. The Morgan fingerprint density at radius 3 is 3.13 bits per heavy atom. The number of hydrogen-bond acceptors (Lipinski definition) is 2. The standard InChI is InChI=1S/C13H14O2/c1-2-3-7-12(14)11-9-15-13-8-5-4-6-10(11)13/h2,4-6,8,11H,1,3,7,9H2. The van der Waals surface area contributed by atoms with Gasteiger partial charge in [-0.05, 0) is 12.5 Å². The SMILES string of the molecule is C=CCCC(=O)C1COc2ccccc21. The summed E-state index contributed by atoms with van der Waals surface area (Å²) in [5, 5.41) is 0. The molecule has 1 aromatic carbocycles. The number of hydrogen-bond donors (Lipinski definition) is 0. The van der Waals surface area contributed by atoms with Crippen LogP contribution in [-0.4, -0.2) is 12.4 Å². The van der Waals surface area contributed by atoms with Crippen molar-refractivity contribution in [3.8, 4) is 5.75 Å². The summed E-state index contributed by atoms with van der Waals surface area (Å²) in [5.41, 5.74) is 1.03. The van der Waals surface area contributed by atoms with Crippen molar-refractivity contribution in [1.29, 1.82) is 0 Å². The second kappa shape index (κ2) is 4.30. The zero-order valence-electron chi connectivity index (χ0n) is 8.61. The Balaban J connectivity index is 2.13. The highest BCUT2D eigenvalue weighted by atomic mass is 16.5. The van der Waals surface area contributed by atoms with Crippen LogP contribution in [0.15, 0.2) is 36.9 Å². The fourth-order valence-corrected chi connectivity index (χ4v) is 1.85. The van der Waals surface area contributed by atoms with Crippen molar-refractivity contribution in [2.75, 3.05) is 6.61 Å². The fraction of sp³-hybridized carbons (Fsp3) is 0.308. The van der Waals surface area contributed by atoms with Crippen molar-refractivity contribution in [3.05, 3.63) is 42.5 Å². The molecule has 1 aromatic rings. The van der Waals surface area contributed by atoms with Crippen LogP contribution < -0.4 is 4.74 Å². The predicted molar refractivity (Wildman–Crippen MR) is 59.1 cm³/mol. The quantitative estimate of drug-likeness (QED) is 0.702.